The molecule has 1 aromatic carbocycles. The molecule has 1 aliphatic rings. The quantitative estimate of drug-likeness (QED) is 0.839. The molecule has 3 N–H and O–H groups in total. The average molecular weight is 283 g/mol. The molecule has 0 spiro atoms. The van der Waals surface area contributed by atoms with Gasteiger partial charge in [-0.05, 0) is 17.5 Å². The summed E-state index contributed by atoms with van der Waals surface area (Å²) in [6.07, 6.45) is 0.710. The van der Waals surface area contributed by atoms with E-state index < -0.39 is 10.2 Å². The lowest BCUT2D eigenvalue weighted by molar-refractivity contribution is 0.419. The first-order valence-corrected chi connectivity index (χ1v) is 8.04. The first-order valence-electron chi connectivity index (χ1n) is 6.60. The highest BCUT2D eigenvalue weighted by Gasteiger charge is 2.34. The van der Waals surface area contributed by atoms with E-state index in [1.807, 2.05) is 38.1 Å². The van der Waals surface area contributed by atoms with Crippen molar-refractivity contribution in [3.63, 3.8) is 0 Å². The molecule has 0 saturated carbocycles. The second-order valence-corrected chi connectivity index (χ2v) is 6.45. The lowest BCUT2D eigenvalue weighted by atomic mass is 10.1. The first-order chi connectivity index (χ1) is 8.99. The van der Waals surface area contributed by atoms with Crippen LogP contribution in [0.1, 0.15) is 31.0 Å². The molecule has 0 radical (unpaired) electrons. The monoisotopic (exact) mass is 283 g/mol. The molecule has 0 heterocycles. The highest BCUT2D eigenvalue weighted by atomic mass is 32.2. The molecule has 2 rings (SSSR count). The van der Waals surface area contributed by atoms with Gasteiger partial charge in [-0.15, -0.1) is 0 Å². The Bertz CT molecular complexity index is 541. The fraction of sp³-hybridized carbons (Fsp3) is 0.538. The van der Waals surface area contributed by atoms with Gasteiger partial charge in [-0.1, -0.05) is 38.1 Å². The minimum absolute atomic E-state index is 0.206. The van der Waals surface area contributed by atoms with E-state index in [1.54, 1.807) is 0 Å². The number of nitrogens with one attached hydrogen (secondary N) is 1. The van der Waals surface area contributed by atoms with Gasteiger partial charge >= 0.3 is 0 Å². The van der Waals surface area contributed by atoms with E-state index in [1.165, 1.54) is 4.31 Å². The Morgan fingerprint density at radius 2 is 1.95 bits per heavy atom. The van der Waals surface area contributed by atoms with Crippen molar-refractivity contribution >= 4 is 10.2 Å². The molecule has 6 heteroatoms. The largest absolute Gasteiger partial charge is 0.326 e. The molecule has 0 aliphatic heterocycles. The summed E-state index contributed by atoms with van der Waals surface area (Å²) in [5.74, 6) is 0. The summed E-state index contributed by atoms with van der Waals surface area (Å²) in [5.41, 5.74) is 8.19. The molecule has 1 aromatic rings. The zero-order valence-electron chi connectivity index (χ0n) is 11.3. The number of hydrogen-bond acceptors (Lipinski definition) is 3. The van der Waals surface area contributed by atoms with Crippen molar-refractivity contribution in [1.82, 2.24) is 9.03 Å². The van der Waals surface area contributed by atoms with Crippen LogP contribution < -0.4 is 10.5 Å². The van der Waals surface area contributed by atoms with Crippen molar-refractivity contribution in [1.29, 1.82) is 0 Å². The van der Waals surface area contributed by atoms with Crippen LogP contribution in [-0.4, -0.2) is 31.9 Å². The Labute approximate surface area is 115 Å². The number of nitrogens with zero attached hydrogens (tertiary/aromatic N) is 1. The van der Waals surface area contributed by atoms with E-state index in [2.05, 4.69) is 4.72 Å². The van der Waals surface area contributed by atoms with Crippen molar-refractivity contribution in [3.8, 4) is 0 Å². The molecule has 0 saturated heterocycles. The van der Waals surface area contributed by atoms with Crippen LogP contribution in [0.3, 0.4) is 0 Å². The molecular formula is C13H21N3O2S. The normalized spacial score (nSPS) is 22.7. The molecule has 0 amide bonds. The summed E-state index contributed by atoms with van der Waals surface area (Å²) in [4.78, 5) is 0. The maximum atomic E-state index is 12.3. The maximum absolute atomic E-state index is 12.3. The van der Waals surface area contributed by atoms with Gasteiger partial charge in [0.15, 0.2) is 0 Å². The Morgan fingerprint density at radius 1 is 1.32 bits per heavy atom. The van der Waals surface area contributed by atoms with Gasteiger partial charge in [0.25, 0.3) is 10.2 Å². The summed E-state index contributed by atoms with van der Waals surface area (Å²) in [6.45, 7) is 4.56. The van der Waals surface area contributed by atoms with Gasteiger partial charge in [0.2, 0.25) is 0 Å². The number of benzene rings is 1. The van der Waals surface area contributed by atoms with Gasteiger partial charge in [-0.2, -0.15) is 17.4 Å². The molecule has 0 aromatic heterocycles. The van der Waals surface area contributed by atoms with Crippen LogP contribution in [0.2, 0.25) is 0 Å². The number of fused-ring (bicyclic) bond motifs is 1. The minimum atomic E-state index is -3.48. The Balaban J connectivity index is 2.24. The van der Waals surface area contributed by atoms with E-state index in [0.29, 0.717) is 19.5 Å². The Kier molecular flexibility index (Phi) is 4.25. The van der Waals surface area contributed by atoms with E-state index >= 15 is 0 Å². The Morgan fingerprint density at radius 3 is 2.58 bits per heavy atom. The predicted octanol–water partition coefficient (Wildman–Crippen LogP) is 0.787. The van der Waals surface area contributed by atoms with E-state index in [9.17, 15) is 8.42 Å². The topological polar surface area (TPSA) is 75.4 Å². The number of rotatable bonds is 5. The molecule has 2 unspecified atom stereocenters. The van der Waals surface area contributed by atoms with Crippen LogP contribution >= 0.6 is 0 Å². The van der Waals surface area contributed by atoms with Crippen molar-refractivity contribution < 1.29 is 8.42 Å². The van der Waals surface area contributed by atoms with Gasteiger partial charge < -0.3 is 5.73 Å². The summed E-state index contributed by atoms with van der Waals surface area (Å²) in [5, 5.41) is 0. The van der Waals surface area contributed by atoms with Crippen LogP contribution in [0.4, 0.5) is 0 Å². The van der Waals surface area contributed by atoms with Crippen LogP contribution in [0.25, 0.3) is 0 Å². The first kappa shape index (κ1) is 14.5. The summed E-state index contributed by atoms with van der Waals surface area (Å²) < 4.78 is 28.7. The van der Waals surface area contributed by atoms with Gasteiger partial charge in [0.05, 0.1) is 6.04 Å². The van der Waals surface area contributed by atoms with E-state index in [4.69, 9.17) is 5.73 Å². The summed E-state index contributed by atoms with van der Waals surface area (Å²) in [7, 11) is -3.48. The van der Waals surface area contributed by atoms with Gasteiger partial charge in [-0.25, -0.2) is 0 Å². The highest BCUT2D eigenvalue weighted by Crippen LogP contribution is 2.30. The molecule has 0 bridgehead atoms. The second-order valence-electron chi connectivity index (χ2n) is 4.75. The van der Waals surface area contributed by atoms with Crippen LogP contribution in [0.5, 0.6) is 0 Å². The fourth-order valence-electron chi connectivity index (χ4n) is 2.58. The molecule has 1 aliphatic carbocycles. The van der Waals surface area contributed by atoms with Gasteiger partial charge in [0, 0.05) is 19.1 Å². The van der Waals surface area contributed by atoms with E-state index in [0.717, 1.165) is 11.1 Å². The molecular weight excluding hydrogens is 262 g/mol. The second kappa shape index (κ2) is 5.58. The van der Waals surface area contributed by atoms with Gasteiger partial charge in [0.1, 0.15) is 0 Å². The Hall–Kier alpha value is -0.950. The maximum Gasteiger partial charge on any atom is 0.280 e. The van der Waals surface area contributed by atoms with Gasteiger partial charge in [-0.3, -0.25) is 0 Å². The third-order valence-electron chi connectivity index (χ3n) is 3.60. The summed E-state index contributed by atoms with van der Waals surface area (Å²) in [6, 6.07) is 7.27. The predicted molar refractivity (Wildman–Crippen MR) is 75.8 cm³/mol. The van der Waals surface area contributed by atoms with Crippen molar-refractivity contribution in [2.24, 2.45) is 5.73 Å². The van der Waals surface area contributed by atoms with Crippen molar-refractivity contribution in [2.45, 2.75) is 32.4 Å². The smallest absolute Gasteiger partial charge is 0.280 e. The lowest BCUT2D eigenvalue weighted by Crippen LogP contribution is -2.46. The zero-order chi connectivity index (χ0) is 14.0. The third-order valence-corrected chi connectivity index (χ3v) is 5.34. The SMILES string of the molecule is CCN(CC)S(=O)(=O)NC1c2ccccc2CC1N. The van der Waals surface area contributed by atoms with Crippen LogP contribution in [0, 0.1) is 0 Å². The molecule has 0 fully saturated rings. The highest BCUT2D eigenvalue weighted by molar-refractivity contribution is 7.87. The molecule has 2 atom stereocenters. The molecule has 106 valence electrons. The average Bonchev–Trinajstić information content (AvgIpc) is 2.67. The lowest BCUT2D eigenvalue weighted by Gasteiger charge is -2.24. The van der Waals surface area contributed by atoms with E-state index in [-0.39, 0.29) is 12.1 Å². The van der Waals surface area contributed by atoms with Crippen molar-refractivity contribution in [2.75, 3.05) is 13.1 Å². The van der Waals surface area contributed by atoms with Crippen molar-refractivity contribution in [3.05, 3.63) is 35.4 Å². The van der Waals surface area contributed by atoms with Crippen LogP contribution in [0.15, 0.2) is 24.3 Å². The third kappa shape index (κ3) is 2.81. The van der Waals surface area contributed by atoms with Crippen LogP contribution in [-0.2, 0) is 16.6 Å². The number of nitrogens with two attached hydrogens (primary N) is 1. The fourth-order valence-corrected chi connectivity index (χ4v) is 4.03. The zero-order valence-corrected chi connectivity index (χ0v) is 12.2. The molecule has 5 nitrogen and oxygen atoms in total. The molecule has 19 heavy (non-hydrogen) atoms. The standard InChI is InChI=1S/C13H21N3O2S/c1-3-16(4-2)19(17,18)15-13-11-8-6-5-7-10(11)9-12(13)14/h5-8,12-13,15H,3-4,9,14H2,1-2H3. The summed E-state index contributed by atoms with van der Waals surface area (Å²) >= 11 is 0. The number of hydrogen-bond donors (Lipinski definition) is 2. The minimum Gasteiger partial charge on any atom is -0.326 e.